The third kappa shape index (κ3) is 8.99. The molecule has 4 rings (SSSR count). The number of carbonyl (C=O) groups is 2. The fourth-order valence-corrected chi connectivity index (χ4v) is 9.85. The monoisotopic (exact) mass is 655 g/mol. The molecule has 47 heavy (non-hydrogen) atoms. The lowest BCUT2D eigenvalue weighted by Gasteiger charge is -2.41. The van der Waals surface area contributed by atoms with E-state index in [9.17, 15) is 14.4 Å². The summed E-state index contributed by atoms with van der Waals surface area (Å²) >= 11 is 0. The zero-order valence-electron chi connectivity index (χ0n) is 28.7. The van der Waals surface area contributed by atoms with Crippen molar-refractivity contribution in [2.75, 3.05) is 6.61 Å². The molecule has 1 heterocycles. The molecule has 3 aromatic carbocycles. The zero-order chi connectivity index (χ0) is 34.2. The Bertz CT molecular complexity index is 1570. The van der Waals surface area contributed by atoms with E-state index in [-0.39, 0.29) is 23.5 Å². The van der Waals surface area contributed by atoms with Gasteiger partial charge >= 0.3 is 12.1 Å². The Balaban J connectivity index is 1.51. The Morgan fingerprint density at radius 3 is 2.02 bits per heavy atom. The first kappa shape index (κ1) is 35.6. The van der Waals surface area contributed by atoms with Crippen LogP contribution in [0.2, 0.25) is 5.04 Å². The number of rotatable bonds is 13. The van der Waals surface area contributed by atoms with Crippen LogP contribution in [0.1, 0.15) is 77.0 Å². The predicted molar refractivity (Wildman–Crippen MR) is 189 cm³/mol. The Kier molecular flexibility index (Phi) is 11.5. The molecule has 8 nitrogen and oxygen atoms in total. The standard InChI is InChI=1S/C38H49N3O5Si/c1-8-45-35(42)34-40-33(27-41(34)7)29-23-21-28(22-24-29)26-30(39-36(43)46-37(2,3)4)16-15-25-38(5,6)47(44,31-17-11-9-12-18-31)32-19-13-10-14-20-32/h9-14,17-24,27,30,44H,8,15-16,25-26H2,1-7H3,(H,39,43). The lowest BCUT2D eigenvalue weighted by Crippen LogP contribution is -2.65. The van der Waals surface area contributed by atoms with Crippen molar-refractivity contribution in [2.45, 2.75) is 83.9 Å². The highest BCUT2D eigenvalue weighted by molar-refractivity contribution is 6.98. The van der Waals surface area contributed by atoms with Crippen molar-refractivity contribution >= 4 is 30.8 Å². The van der Waals surface area contributed by atoms with Crippen LogP contribution in [0.4, 0.5) is 4.79 Å². The second-order valence-electron chi connectivity index (χ2n) is 13.7. The number of nitrogens with zero attached hydrogens (tertiary/aromatic N) is 2. The summed E-state index contributed by atoms with van der Waals surface area (Å²) in [5, 5.41) is 4.70. The van der Waals surface area contributed by atoms with E-state index in [0.717, 1.165) is 34.3 Å². The van der Waals surface area contributed by atoms with Gasteiger partial charge in [-0.3, -0.25) is 0 Å². The minimum atomic E-state index is -3.14. The number of esters is 1. The molecule has 0 saturated carbocycles. The molecule has 1 aromatic heterocycles. The number of aryl methyl sites for hydroxylation is 1. The molecule has 250 valence electrons. The molecule has 1 amide bonds. The molecule has 0 bridgehead atoms. The first-order chi connectivity index (χ1) is 22.2. The number of ether oxygens (including phenoxy) is 2. The Morgan fingerprint density at radius 1 is 0.915 bits per heavy atom. The van der Waals surface area contributed by atoms with Gasteiger partial charge in [0.25, 0.3) is 8.32 Å². The van der Waals surface area contributed by atoms with Crippen LogP contribution in [0.5, 0.6) is 0 Å². The molecule has 2 N–H and O–H groups in total. The van der Waals surface area contributed by atoms with E-state index in [2.05, 4.69) is 24.1 Å². The van der Waals surface area contributed by atoms with Gasteiger partial charge in [0.15, 0.2) is 0 Å². The van der Waals surface area contributed by atoms with Crippen molar-refractivity contribution in [1.82, 2.24) is 14.9 Å². The average molecular weight is 656 g/mol. The van der Waals surface area contributed by atoms with Gasteiger partial charge in [-0.25, -0.2) is 14.6 Å². The summed E-state index contributed by atoms with van der Waals surface area (Å²) in [4.78, 5) is 42.2. The normalized spacial score (nSPS) is 12.8. The number of alkyl carbamates (subject to hydrolysis) is 1. The van der Waals surface area contributed by atoms with E-state index in [0.29, 0.717) is 18.5 Å². The van der Waals surface area contributed by atoms with Crippen LogP contribution in [0.15, 0.2) is 91.1 Å². The minimum Gasteiger partial charge on any atom is -0.460 e. The van der Waals surface area contributed by atoms with E-state index >= 15 is 0 Å². The zero-order valence-corrected chi connectivity index (χ0v) is 29.7. The molecule has 1 unspecified atom stereocenters. The van der Waals surface area contributed by atoms with E-state index in [4.69, 9.17) is 9.47 Å². The van der Waals surface area contributed by atoms with Gasteiger partial charge in [0.2, 0.25) is 5.82 Å². The lowest BCUT2D eigenvalue weighted by molar-refractivity contribution is 0.0493. The van der Waals surface area contributed by atoms with Crippen molar-refractivity contribution < 1.29 is 23.9 Å². The Labute approximate surface area is 280 Å². The maximum Gasteiger partial charge on any atom is 0.407 e. The molecule has 0 radical (unpaired) electrons. The Morgan fingerprint density at radius 2 is 1.49 bits per heavy atom. The number of nitrogens with one attached hydrogen (secondary N) is 1. The third-order valence-corrected chi connectivity index (χ3v) is 13.1. The molecule has 0 spiro atoms. The van der Waals surface area contributed by atoms with E-state index in [1.54, 1.807) is 18.5 Å². The van der Waals surface area contributed by atoms with E-state index in [1.807, 2.05) is 112 Å². The molecule has 1 atom stereocenters. The van der Waals surface area contributed by atoms with Crippen molar-refractivity contribution in [2.24, 2.45) is 7.05 Å². The van der Waals surface area contributed by atoms with E-state index in [1.165, 1.54) is 0 Å². The van der Waals surface area contributed by atoms with Crippen molar-refractivity contribution in [3.05, 3.63) is 103 Å². The maximum atomic E-state index is 12.9. The first-order valence-corrected chi connectivity index (χ1v) is 18.3. The molecule has 0 saturated heterocycles. The second kappa shape index (κ2) is 15.1. The summed E-state index contributed by atoms with van der Waals surface area (Å²) in [6.07, 6.45) is 4.25. The SMILES string of the molecule is CCOC(=O)c1nc(-c2ccc(CC(CCCC(C)(C)[Si](O)(c3ccccc3)c3ccccc3)NC(=O)OC(C)(C)C)cc2)cn1C. The predicted octanol–water partition coefficient (Wildman–Crippen LogP) is 6.40. The molecular weight excluding hydrogens is 607 g/mol. The molecule has 0 aliphatic heterocycles. The van der Waals surface area contributed by atoms with Crippen LogP contribution < -0.4 is 15.7 Å². The van der Waals surface area contributed by atoms with Crippen molar-refractivity contribution in [1.29, 1.82) is 0 Å². The Hall–Kier alpha value is -4.21. The van der Waals surface area contributed by atoms with Gasteiger partial charge in [-0.2, -0.15) is 0 Å². The van der Waals surface area contributed by atoms with Gasteiger partial charge in [-0.15, -0.1) is 0 Å². The third-order valence-electron chi connectivity index (χ3n) is 8.50. The fourth-order valence-electron chi connectivity index (χ4n) is 6.06. The van der Waals surface area contributed by atoms with Crippen LogP contribution in [-0.4, -0.2) is 53.0 Å². The summed E-state index contributed by atoms with van der Waals surface area (Å²) in [6, 6.07) is 27.9. The van der Waals surface area contributed by atoms with Crippen molar-refractivity contribution in [3.8, 4) is 11.3 Å². The largest absolute Gasteiger partial charge is 0.460 e. The minimum absolute atomic E-state index is 0.181. The van der Waals surface area contributed by atoms with Gasteiger partial charge < -0.3 is 24.2 Å². The fraction of sp³-hybridized carbons (Fsp3) is 0.395. The highest BCUT2D eigenvalue weighted by Gasteiger charge is 2.49. The average Bonchev–Trinajstić information content (AvgIpc) is 3.42. The summed E-state index contributed by atoms with van der Waals surface area (Å²) in [6.45, 7) is 11.9. The van der Waals surface area contributed by atoms with Gasteiger partial charge in [0.1, 0.15) is 5.60 Å². The van der Waals surface area contributed by atoms with E-state index < -0.39 is 26.0 Å². The summed E-state index contributed by atoms with van der Waals surface area (Å²) < 4.78 is 12.4. The molecule has 0 aliphatic carbocycles. The van der Waals surface area contributed by atoms with Crippen LogP contribution in [0, 0.1) is 0 Å². The van der Waals surface area contributed by atoms with Gasteiger partial charge in [0.05, 0.1) is 12.3 Å². The van der Waals surface area contributed by atoms with Gasteiger partial charge in [-0.1, -0.05) is 105 Å². The topological polar surface area (TPSA) is 103 Å². The number of carbonyl (C=O) groups excluding carboxylic acids is 2. The number of aromatic nitrogens is 2. The molecule has 0 fully saturated rings. The second-order valence-corrected chi connectivity index (χ2v) is 17.7. The highest BCUT2D eigenvalue weighted by atomic mass is 28.4. The number of imidazole rings is 1. The smallest absolute Gasteiger partial charge is 0.407 e. The van der Waals surface area contributed by atoms with Crippen LogP contribution in [0.3, 0.4) is 0 Å². The summed E-state index contributed by atoms with van der Waals surface area (Å²) in [5.74, 6) is -0.198. The maximum absolute atomic E-state index is 12.9. The van der Waals surface area contributed by atoms with Gasteiger partial charge in [0, 0.05) is 24.8 Å². The van der Waals surface area contributed by atoms with Crippen molar-refractivity contribution in [3.63, 3.8) is 0 Å². The van der Waals surface area contributed by atoms with Crippen LogP contribution in [-0.2, 0) is 22.9 Å². The van der Waals surface area contributed by atoms with Crippen LogP contribution in [0.25, 0.3) is 11.3 Å². The number of hydrogen-bond donors (Lipinski definition) is 2. The number of amides is 1. The summed E-state index contributed by atoms with van der Waals surface area (Å²) in [5.41, 5.74) is 2.00. The summed E-state index contributed by atoms with van der Waals surface area (Å²) in [7, 11) is -1.37. The number of benzene rings is 3. The van der Waals surface area contributed by atoms with Crippen LogP contribution >= 0.6 is 0 Å². The quantitative estimate of drug-likeness (QED) is 0.128. The first-order valence-electron chi connectivity index (χ1n) is 16.4. The molecule has 4 aromatic rings. The lowest BCUT2D eigenvalue weighted by atomic mass is 9.97. The molecular formula is C38H49N3O5Si. The molecule has 9 heteroatoms. The van der Waals surface area contributed by atoms with Gasteiger partial charge in [-0.05, 0) is 67.9 Å². The number of hydrogen-bond acceptors (Lipinski definition) is 6. The molecule has 0 aliphatic rings. The highest BCUT2D eigenvalue weighted by Crippen LogP contribution is 2.40.